The lowest BCUT2D eigenvalue weighted by atomic mass is 9.98. The van der Waals surface area contributed by atoms with E-state index >= 15 is 0 Å². The Morgan fingerprint density at radius 1 is 1.06 bits per heavy atom. The van der Waals surface area contributed by atoms with Gasteiger partial charge in [0.05, 0.1) is 0 Å². The van der Waals surface area contributed by atoms with E-state index in [9.17, 15) is 9.18 Å². The fraction of sp³-hybridized carbons (Fsp3) is 0.133. The minimum Gasteiger partial charge on any atom is -0.303 e. The summed E-state index contributed by atoms with van der Waals surface area (Å²) in [4.78, 5) is 10.7. The predicted octanol–water partition coefficient (Wildman–Crippen LogP) is 3.80. The van der Waals surface area contributed by atoms with Gasteiger partial charge in [-0.25, -0.2) is 4.39 Å². The first kappa shape index (κ1) is 11.5. The van der Waals surface area contributed by atoms with Crippen LogP contribution in [0.4, 0.5) is 4.39 Å². The van der Waals surface area contributed by atoms with Crippen molar-refractivity contribution in [3.8, 4) is 11.1 Å². The van der Waals surface area contributed by atoms with E-state index in [0.717, 1.165) is 17.4 Å². The Morgan fingerprint density at radius 2 is 1.71 bits per heavy atom. The maximum Gasteiger partial charge on any atom is 0.131 e. The minimum atomic E-state index is -0.233. The van der Waals surface area contributed by atoms with Crippen LogP contribution in [0.5, 0.6) is 0 Å². The molecule has 2 rings (SSSR count). The van der Waals surface area contributed by atoms with Crippen LogP contribution < -0.4 is 0 Å². The molecule has 0 aromatic heterocycles. The monoisotopic (exact) mass is 228 g/mol. The Bertz CT molecular complexity index is 517. The first-order valence-corrected chi connectivity index (χ1v) is 5.52. The summed E-state index contributed by atoms with van der Waals surface area (Å²) < 4.78 is 13.5. The third kappa shape index (κ3) is 2.41. The topological polar surface area (TPSA) is 17.1 Å². The Kier molecular flexibility index (Phi) is 3.33. The molecule has 2 aromatic carbocycles. The van der Waals surface area contributed by atoms with Crippen LogP contribution in [-0.4, -0.2) is 6.29 Å². The van der Waals surface area contributed by atoms with E-state index in [1.165, 1.54) is 6.07 Å². The molecule has 0 aliphatic heterocycles. The first-order chi connectivity index (χ1) is 8.22. The summed E-state index contributed by atoms with van der Waals surface area (Å²) in [5, 5.41) is 0. The fourth-order valence-corrected chi connectivity index (χ4v) is 1.74. The molecule has 17 heavy (non-hydrogen) atoms. The molecule has 0 heterocycles. The van der Waals surface area contributed by atoms with Crippen LogP contribution in [0.1, 0.15) is 18.4 Å². The maximum absolute atomic E-state index is 13.5. The molecule has 0 aliphatic rings. The Hall–Kier alpha value is -1.96. The lowest BCUT2D eigenvalue weighted by Gasteiger charge is -2.07. The highest BCUT2D eigenvalue weighted by Gasteiger charge is 2.06. The molecule has 0 radical (unpaired) electrons. The van der Waals surface area contributed by atoms with Crippen molar-refractivity contribution in [1.82, 2.24) is 0 Å². The Balaban J connectivity index is 2.36. The predicted molar refractivity (Wildman–Crippen MR) is 66.3 cm³/mol. The normalized spacial score (nSPS) is 12.1. The molecule has 2 heteroatoms. The lowest BCUT2D eigenvalue weighted by Crippen LogP contribution is -1.93. The molecule has 1 atom stereocenters. The number of aldehydes is 1. The van der Waals surface area contributed by atoms with Gasteiger partial charge in [-0.3, -0.25) is 0 Å². The smallest absolute Gasteiger partial charge is 0.131 e. The SMILES string of the molecule is CC(C=O)c1ccc(-c2ccccc2F)cc1. The summed E-state index contributed by atoms with van der Waals surface area (Å²) in [6.45, 7) is 1.84. The van der Waals surface area contributed by atoms with Gasteiger partial charge >= 0.3 is 0 Å². The second-order valence-corrected chi connectivity index (χ2v) is 4.03. The zero-order valence-corrected chi connectivity index (χ0v) is 9.56. The summed E-state index contributed by atoms with van der Waals surface area (Å²) >= 11 is 0. The summed E-state index contributed by atoms with van der Waals surface area (Å²) in [7, 11) is 0. The molecule has 2 aromatic rings. The van der Waals surface area contributed by atoms with Crippen molar-refractivity contribution in [2.75, 3.05) is 0 Å². The molecule has 0 N–H and O–H groups in total. The van der Waals surface area contributed by atoms with Crippen molar-refractivity contribution >= 4 is 6.29 Å². The van der Waals surface area contributed by atoms with Gasteiger partial charge in [0.25, 0.3) is 0 Å². The van der Waals surface area contributed by atoms with Crippen molar-refractivity contribution in [2.45, 2.75) is 12.8 Å². The third-order valence-electron chi connectivity index (χ3n) is 2.83. The average molecular weight is 228 g/mol. The summed E-state index contributed by atoms with van der Waals surface area (Å²) in [6, 6.07) is 14.1. The largest absolute Gasteiger partial charge is 0.303 e. The zero-order chi connectivity index (χ0) is 12.3. The van der Waals surface area contributed by atoms with E-state index in [1.54, 1.807) is 18.2 Å². The van der Waals surface area contributed by atoms with E-state index in [4.69, 9.17) is 0 Å². The van der Waals surface area contributed by atoms with Crippen LogP contribution >= 0.6 is 0 Å². The molecule has 0 amide bonds. The van der Waals surface area contributed by atoms with Crippen LogP contribution in [0.3, 0.4) is 0 Å². The molecule has 0 fully saturated rings. The van der Waals surface area contributed by atoms with Gasteiger partial charge in [0, 0.05) is 11.5 Å². The first-order valence-electron chi connectivity index (χ1n) is 5.52. The molecule has 0 bridgehead atoms. The minimum absolute atomic E-state index is 0.121. The van der Waals surface area contributed by atoms with Gasteiger partial charge in [-0.2, -0.15) is 0 Å². The number of hydrogen-bond acceptors (Lipinski definition) is 1. The van der Waals surface area contributed by atoms with E-state index in [0.29, 0.717) is 5.56 Å². The number of carbonyl (C=O) groups excluding carboxylic acids is 1. The molecule has 1 unspecified atom stereocenters. The van der Waals surface area contributed by atoms with Crippen molar-refractivity contribution in [1.29, 1.82) is 0 Å². The van der Waals surface area contributed by atoms with E-state index in [2.05, 4.69) is 0 Å². The van der Waals surface area contributed by atoms with E-state index in [-0.39, 0.29) is 11.7 Å². The van der Waals surface area contributed by atoms with Crippen LogP contribution in [0, 0.1) is 5.82 Å². The van der Waals surface area contributed by atoms with Crippen molar-refractivity contribution < 1.29 is 9.18 Å². The van der Waals surface area contributed by atoms with Gasteiger partial charge < -0.3 is 4.79 Å². The summed E-state index contributed by atoms with van der Waals surface area (Å²) in [5.74, 6) is -0.353. The average Bonchev–Trinajstić information content (AvgIpc) is 2.39. The Morgan fingerprint density at radius 3 is 2.29 bits per heavy atom. The molecular weight excluding hydrogens is 215 g/mol. The van der Waals surface area contributed by atoms with Gasteiger partial charge in [0.2, 0.25) is 0 Å². The number of halogens is 1. The standard InChI is InChI=1S/C15H13FO/c1-11(10-17)12-6-8-13(9-7-12)14-4-2-3-5-15(14)16/h2-11H,1H3. The van der Waals surface area contributed by atoms with Crippen LogP contribution in [0.25, 0.3) is 11.1 Å². The van der Waals surface area contributed by atoms with Gasteiger partial charge in [-0.15, -0.1) is 0 Å². The second kappa shape index (κ2) is 4.91. The highest BCUT2D eigenvalue weighted by atomic mass is 19.1. The van der Waals surface area contributed by atoms with Crippen molar-refractivity contribution in [3.05, 3.63) is 59.9 Å². The summed E-state index contributed by atoms with van der Waals surface area (Å²) in [6.07, 6.45) is 0.901. The van der Waals surface area contributed by atoms with Gasteiger partial charge in [-0.1, -0.05) is 49.4 Å². The molecule has 0 saturated heterocycles. The van der Waals surface area contributed by atoms with Crippen molar-refractivity contribution in [3.63, 3.8) is 0 Å². The third-order valence-corrected chi connectivity index (χ3v) is 2.83. The van der Waals surface area contributed by atoms with Crippen LogP contribution in [-0.2, 0) is 4.79 Å². The van der Waals surface area contributed by atoms with E-state index in [1.807, 2.05) is 31.2 Å². The maximum atomic E-state index is 13.5. The number of hydrogen-bond donors (Lipinski definition) is 0. The lowest BCUT2D eigenvalue weighted by molar-refractivity contribution is -0.108. The van der Waals surface area contributed by atoms with E-state index < -0.39 is 0 Å². The molecule has 0 aliphatic carbocycles. The fourth-order valence-electron chi connectivity index (χ4n) is 1.74. The number of carbonyl (C=O) groups is 1. The summed E-state index contributed by atoms with van der Waals surface area (Å²) in [5.41, 5.74) is 2.35. The quantitative estimate of drug-likeness (QED) is 0.730. The highest BCUT2D eigenvalue weighted by Crippen LogP contribution is 2.24. The number of rotatable bonds is 3. The molecule has 0 saturated carbocycles. The zero-order valence-electron chi connectivity index (χ0n) is 9.56. The Labute approximate surface area is 99.9 Å². The van der Waals surface area contributed by atoms with Gasteiger partial charge in [0.15, 0.2) is 0 Å². The number of benzene rings is 2. The van der Waals surface area contributed by atoms with Gasteiger partial charge in [-0.05, 0) is 17.2 Å². The molecular formula is C15H13FO. The highest BCUT2D eigenvalue weighted by molar-refractivity contribution is 5.66. The van der Waals surface area contributed by atoms with Crippen molar-refractivity contribution in [2.24, 2.45) is 0 Å². The van der Waals surface area contributed by atoms with Gasteiger partial charge in [0.1, 0.15) is 12.1 Å². The molecule has 0 spiro atoms. The van der Waals surface area contributed by atoms with Crippen LogP contribution in [0.2, 0.25) is 0 Å². The molecule has 86 valence electrons. The van der Waals surface area contributed by atoms with Crippen LogP contribution in [0.15, 0.2) is 48.5 Å². The second-order valence-electron chi connectivity index (χ2n) is 4.03. The molecule has 1 nitrogen and oxygen atoms in total.